The SMILES string of the molecule is CC1(C)CC2CCOCC2C1. The lowest BCUT2D eigenvalue weighted by Crippen LogP contribution is -2.22. The quantitative estimate of drug-likeness (QED) is 0.521. The van der Waals surface area contributed by atoms with Gasteiger partial charge in [-0.2, -0.15) is 0 Å². The first-order valence-corrected chi connectivity index (χ1v) is 4.75. The fourth-order valence-electron chi connectivity index (χ4n) is 2.84. The third kappa shape index (κ3) is 1.44. The minimum atomic E-state index is 0.600. The second kappa shape index (κ2) is 2.48. The van der Waals surface area contributed by atoms with E-state index >= 15 is 0 Å². The number of ether oxygens (including phenoxy) is 1. The topological polar surface area (TPSA) is 9.23 Å². The van der Waals surface area contributed by atoms with Crippen LogP contribution in [0.4, 0.5) is 0 Å². The summed E-state index contributed by atoms with van der Waals surface area (Å²) < 4.78 is 5.48. The van der Waals surface area contributed by atoms with Crippen LogP contribution in [0.15, 0.2) is 0 Å². The van der Waals surface area contributed by atoms with Crippen molar-refractivity contribution in [2.45, 2.75) is 33.1 Å². The molecule has 0 amide bonds. The first-order chi connectivity index (χ1) is 5.17. The van der Waals surface area contributed by atoms with Crippen molar-refractivity contribution in [2.24, 2.45) is 17.3 Å². The maximum absolute atomic E-state index is 5.48. The minimum Gasteiger partial charge on any atom is -0.381 e. The summed E-state index contributed by atoms with van der Waals surface area (Å²) in [6, 6.07) is 0. The molecule has 1 heterocycles. The Balaban J connectivity index is 2.03. The number of fused-ring (bicyclic) bond motifs is 1. The zero-order valence-electron chi connectivity index (χ0n) is 7.60. The molecule has 0 aromatic carbocycles. The van der Waals surface area contributed by atoms with Crippen molar-refractivity contribution in [1.29, 1.82) is 0 Å². The van der Waals surface area contributed by atoms with Crippen LogP contribution in [0.5, 0.6) is 0 Å². The van der Waals surface area contributed by atoms with Crippen LogP contribution >= 0.6 is 0 Å². The first-order valence-electron chi connectivity index (χ1n) is 4.75. The average molecular weight is 154 g/mol. The van der Waals surface area contributed by atoms with E-state index in [1.807, 2.05) is 0 Å². The number of hydrogen-bond acceptors (Lipinski definition) is 1. The molecule has 1 saturated heterocycles. The molecule has 11 heavy (non-hydrogen) atoms. The summed E-state index contributed by atoms with van der Waals surface area (Å²) in [5.41, 5.74) is 0.600. The van der Waals surface area contributed by atoms with Gasteiger partial charge in [0.2, 0.25) is 0 Å². The highest BCUT2D eigenvalue weighted by molar-refractivity contribution is 4.90. The van der Waals surface area contributed by atoms with Gasteiger partial charge in [0.1, 0.15) is 0 Å². The summed E-state index contributed by atoms with van der Waals surface area (Å²) in [5.74, 6) is 1.87. The molecule has 1 aliphatic heterocycles. The highest BCUT2D eigenvalue weighted by Gasteiger charge is 2.40. The third-order valence-corrected chi connectivity index (χ3v) is 3.26. The van der Waals surface area contributed by atoms with Crippen molar-refractivity contribution in [3.63, 3.8) is 0 Å². The Bertz CT molecular complexity index is 135. The number of rotatable bonds is 0. The summed E-state index contributed by atoms with van der Waals surface area (Å²) in [7, 11) is 0. The summed E-state index contributed by atoms with van der Waals surface area (Å²) in [5, 5.41) is 0. The van der Waals surface area contributed by atoms with Crippen LogP contribution in [-0.2, 0) is 4.74 Å². The van der Waals surface area contributed by atoms with E-state index in [1.54, 1.807) is 0 Å². The molecular formula is C10H18O. The Labute approximate surface area is 69.1 Å². The van der Waals surface area contributed by atoms with Crippen LogP contribution in [0.25, 0.3) is 0 Å². The molecule has 0 radical (unpaired) electrons. The molecule has 64 valence electrons. The van der Waals surface area contributed by atoms with Gasteiger partial charge in [-0.1, -0.05) is 13.8 Å². The average Bonchev–Trinajstić information content (AvgIpc) is 2.21. The molecule has 0 aromatic rings. The zero-order chi connectivity index (χ0) is 7.90. The van der Waals surface area contributed by atoms with E-state index in [4.69, 9.17) is 4.74 Å². The molecule has 0 bridgehead atoms. The van der Waals surface area contributed by atoms with E-state index in [0.29, 0.717) is 5.41 Å². The minimum absolute atomic E-state index is 0.600. The van der Waals surface area contributed by atoms with Crippen molar-refractivity contribution in [3.8, 4) is 0 Å². The zero-order valence-corrected chi connectivity index (χ0v) is 7.60. The van der Waals surface area contributed by atoms with Gasteiger partial charge >= 0.3 is 0 Å². The molecule has 2 aliphatic rings. The van der Waals surface area contributed by atoms with E-state index in [1.165, 1.54) is 19.3 Å². The number of hydrogen-bond donors (Lipinski definition) is 0. The van der Waals surface area contributed by atoms with Crippen molar-refractivity contribution < 1.29 is 4.74 Å². The summed E-state index contributed by atoms with van der Waals surface area (Å²) in [6.07, 6.45) is 4.13. The molecule has 2 atom stereocenters. The summed E-state index contributed by atoms with van der Waals surface area (Å²) >= 11 is 0. The van der Waals surface area contributed by atoms with Crippen molar-refractivity contribution in [2.75, 3.05) is 13.2 Å². The van der Waals surface area contributed by atoms with Crippen molar-refractivity contribution in [1.82, 2.24) is 0 Å². The van der Waals surface area contributed by atoms with E-state index < -0.39 is 0 Å². The van der Waals surface area contributed by atoms with E-state index in [-0.39, 0.29) is 0 Å². The van der Waals surface area contributed by atoms with Crippen LogP contribution in [0.2, 0.25) is 0 Å². The highest BCUT2D eigenvalue weighted by atomic mass is 16.5. The predicted octanol–water partition coefficient (Wildman–Crippen LogP) is 2.46. The molecule has 2 unspecified atom stereocenters. The standard InChI is InChI=1S/C10H18O/c1-10(2)5-8-3-4-11-7-9(8)6-10/h8-9H,3-7H2,1-2H3. The molecular weight excluding hydrogens is 136 g/mol. The highest BCUT2D eigenvalue weighted by Crippen LogP contribution is 2.47. The molecule has 1 aliphatic carbocycles. The van der Waals surface area contributed by atoms with Gasteiger partial charge in [-0.25, -0.2) is 0 Å². The van der Waals surface area contributed by atoms with Crippen LogP contribution in [-0.4, -0.2) is 13.2 Å². The predicted molar refractivity (Wildman–Crippen MR) is 45.4 cm³/mol. The van der Waals surface area contributed by atoms with E-state index in [2.05, 4.69) is 13.8 Å². The fourth-order valence-corrected chi connectivity index (χ4v) is 2.84. The Hall–Kier alpha value is -0.0400. The van der Waals surface area contributed by atoms with Gasteiger partial charge in [0, 0.05) is 13.2 Å². The molecule has 1 nitrogen and oxygen atoms in total. The third-order valence-electron chi connectivity index (χ3n) is 3.26. The molecule has 0 spiro atoms. The van der Waals surface area contributed by atoms with Gasteiger partial charge in [-0.3, -0.25) is 0 Å². The van der Waals surface area contributed by atoms with Gasteiger partial charge in [0.15, 0.2) is 0 Å². The maximum Gasteiger partial charge on any atom is 0.0497 e. The lowest BCUT2D eigenvalue weighted by molar-refractivity contribution is 0.0299. The lowest BCUT2D eigenvalue weighted by atomic mass is 9.90. The monoisotopic (exact) mass is 154 g/mol. The molecule has 1 heteroatoms. The first kappa shape index (κ1) is 7.60. The molecule has 0 N–H and O–H groups in total. The van der Waals surface area contributed by atoms with Gasteiger partial charge in [0.25, 0.3) is 0 Å². The maximum atomic E-state index is 5.48. The van der Waals surface area contributed by atoms with E-state index in [9.17, 15) is 0 Å². The Kier molecular flexibility index (Phi) is 1.71. The lowest BCUT2D eigenvalue weighted by Gasteiger charge is -2.24. The van der Waals surface area contributed by atoms with Gasteiger partial charge in [-0.05, 0) is 36.5 Å². The second-order valence-corrected chi connectivity index (χ2v) is 4.96. The van der Waals surface area contributed by atoms with Crippen molar-refractivity contribution in [3.05, 3.63) is 0 Å². The molecule has 2 rings (SSSR count). The van der Waals surface area contributed by atoms with E-state index in [0.717, 1.165) is 25.0 Å². The normalized spacial score (nSPS) is 42.0. The van der Waals surface area contributed by atoms with Crippen LogP contribution in [0.3, 0.4) is 0 Å². The Morgan fingerprint density at radius 3 is 2.64 bits per heavy atom. The van der Waals surface area contributed by atoms with Crippen molar-refractivity contribution >= 4 is 0 Å². The Morgan fingerprint density at radius 2 is 1.91 bits per heavy atom. The Morgan fingerprint density at radius 1 is 1.18 bits per heavy atom. The molecule has 1 saturated carbocycles. The van der Waals surface area contributed by atoms with Gasteiger partial charge in [0.05, 0.1) is 0 Å². The van der Waals surface area contributed by atoms with Crippen LogP contribution in [0.1, 0.15) is 33.1 Å². The molecule has 2 fully saturated rings. The van der Waals surface area contributed by atoms with Crippen LogP contribution in [0, 0.1) is 17.3 Å². The van der Waals surface area contributed by atoms with Gasteiger partial charge < -0.3 is 4.74 Å². The largest absolute Gasteiger partial charge is 0.381 e. The second-order valence-electron chi connectivity index (χ2n) is 4.96. The smallest absolute Gasteiger partial charge is 0.0497 e. The summed E-state index contributed by atoms with van der Waals surface area (Å²) in [4.78, 5) is 0. The fraction of sp³-hybridized carbons (Fsp3) is 1.00. The summed E-state index contributed by atoms with van der Waals surface area (Å²) in [6.45, 7) is 6.84. The van der Waals surface area contributed by atoms with Crippen LogP contribution < -0.4 is 0 Å². The van der Waals surface area contributed by atoms with Gasteiger partial charge in [-0.15, -0.1) is 0 Å². The molecule has 0 aromatic heterocycles.